The van der Waals surface area contributed by atoms with Gasteiger partial charge >= 0.3 is 0 Å². The number of piperazine rings is 1. The summed E-state index contributed by atoms with van der Waals surface area (Å²) in [6, 6.07) is 5.33. The second-order valence-corrected chi connectivity index (χ2v) is 6.39. The Labute approximate surface area is 140 Å². The summed E-state index contributed by atoms with van der Waals surface area (Å²) in [5.41, 5.74) is 0.422. The molecule has 0 aliphatic carbocycles. The molecule has 2 fully saturated rings. The number of nitrogens with zero attached hydrogens (tertiary/aromatic N) is 3. The van der Waals surface area contributed by atoms with Gasteiger partial charge in [0.1, 0.15) is 5.82 Å². The number of benzene rings is 1. The lowest BCUT2D eigenvalue weighted by molar-refractivity contribution is -0.131. The standard InChI is InChI=1S/C17H22FN3O3/c1-12(22)19-6-8-20(9-7-19)15-10-21(11-16(15)23)17(24)13-2-4-14(18)5-3-13/h2-5,15-16,23H,6-11H2,1H3/t15-,16-/m1/s1. The molecule has 2 amide bonds. The maximum Gasteiger partial charge on any atom is 0.254 e. The lowest BCUT2D eigenvalue weighted by Gasteiger charge is -2.38. The Hall–Kier alpha value is -1.99. The molecule has 2 aliphatic heterocycles. The van der Waals surface area contributed by atoms with Crippen LogP contribution < -0.4 is 0 Å². The van der Waals surface area contributed by atoms with E-state index in [1.165, 1.54) is 24.3 Å². The van der Waals surface area contributed by atoms with Gasteiger partial charge in [-0.2, -0.15) is 0 Å². The first-order valence-electron chi connectivity index (χ1n) is 8.18. The van der Waals surface area contributed by atoms with E-state index in [4.69, 9.17) is 0 Å². The van der Waals surface area contributed by atoms with E-state index in [0.29, 0.717) is 38.3 Å². The number of carbonyl (C=O) groups excluding carboxylic acids is 2. The average molecular weight is 335 g/mol. The van der Waals surface area contributed by atoms with E-state index in [9.17, 15) is 19.1 Å². The quantitative estimate of drug-likeness (QED) is 0.837. The normalized spacial score (nSPS) is 25.1. The molecule has 3 rings (SSSR count). The minimum absolute atomic E-state index is 0.0646. The Morgan fingerprint density at radius 2 is 1.67 bits per heavy atom. The highest BCUT2D eigenvalue weighted by Crippen LogP contribution is 2.20. The Balaban J connectivity index is 1.61. The topological polar surface area (TPSA) is 64.1 Å². The molecule has 2 heterocycles. The van der Waals surface area contributed by atoms with Gasteiger partial charge in [-0.05, 0) is 24.3 Å². The molecular weight excluding hydrogens is 313 g/mol. The predicted octanol–water partition coefficient (Wildman–Crippen LogP) is 0.175. The lowest BCUT2D eigenvalue weighted by atomic mass is 10.1. The first kappa shape index (κ1) is 16.9. The van der Waals surface area contributed by atoms with Crippen molar-refractivity contribution < 1.29 is 19.1 Å². The molecule has 2 aliphatic rings. The summed E-state index contributed by atoms with van der Waals surface area (Å²) in [5, 5.41) is 10.4. The van der Waals surface area contributed by atoms with Crippen molar-refractivity contribution in [3.63, 3.8) is 0 Å². The highest BCUT2D eigenvalue weighted by Gasteiger charge is 2.39. The first-order valence-corrected chi connectivity index (χ1v) is 8.18. The maximum atomic E-state index is 13.0. The van der Waals surface area contributed by atoms with Crippen LogP contribution in [0.4, 0.5) is 4.39 Å². The summed E-state index contributed by atoms with van der Waals surface area (Å²) in [6.45, 7) is 4.95. The number of likely N-dealkylation sites (tertiary alicyclic amines) is 1. The summed E-state index contributed by atoms with van der Waals surface area (Å²) in [4.78, 5) is 29.4. The Kier molecular flexibility index (Phi) is 4.82. The number of carbonyl (C=O) groups is 2. The minimum atomic E-state index is -0.613. The van der Waals surface area contributed by atoms with Crippen LogP contribution in [0.1, 0.15) is 17.3 Å². The van der Waals surface area contributed by atoms with Crippen molar-refractivity contribution in [2.45, 2.75) is 19.1 Å². The van der Waals surface area contributed by atoms with E-state index in [1.807, 2.05) is 0 Å². The van der Waals surface area contributed by atoms with Gasteiger partial charge in [-0.25, -0.2) is 4.39 Å². The second-order valence-electron chi connectivity index (χ2n) is 6.39. The van der Waals surface area contributed by atoms with Gasteiger partial charge in [0.25, 0.3) is 5.91 Å². The summed E-state index contributed by atoms with van der Waals surface area (Å²) in [6.07, 6.45) is -0.613. The number of rotatable bonds is 2. The number of aliphatic hydroxyl groups is 1. The fourth-order valence-electron chi connectivity index (χ4n) is 3.44. The summed E-state index contributed by atoms with van der Waals surface area (Å²) in [5.74, 6) is -0.511. The Morgan fingerprint density at radius 1 is 1.04 bits per heavy atom. The van der Waals surface area contributed by atoms with Gasteiger partial charge in [0.05, 0.1) is 12.1 Å². The number of hydrogen-bond acceptors (Lipinski definition) is 4. The Morgan fingerprint density at radius 3 is 2.25 bits per heavy atom. The largest absolute Gasteiger partial charge is 0.390 e. The van der Waals surface area contributed by atoms with Crippen molar-refractivity contribution in [2.75, 3.05) is 39.3 Å². The highest BCUT2D eigenvalue weighted by atomic mass is 19.1. The third-order valence-electron chi connectivity index (χ3n) is 4.87. The van der Waals surface area contributed by atoms with Crippen molar-refractivity contribution in [3.8, 4) is 0 Å². The molecule has 6 nitrogen and oxygen atoms in total. The monoisotopic (exact) mass is 335 g/mol. The van der Waals surface area contributed by atoms with E-state index in [0.717, 1.165) is 0 Å². The second kappa shape index (κ2) is 6.86. The zero-order chi connectivity index (χ0) is 17.3. The van der Waals surface area contributed by atoms with Crippen LogP contribution in [-0.4, -0.2) is 83.0 Å². The summed E-state index contributed by atoms with van der Waals surface area (Å²) < 4.78 is 13.0. The average Bonchev–Trinajstić information content (AvgIpc) is 2.97. The zero-order valence-electron chi connectivity index (χ0n) is 13.7. The maximum absolute atomic E-state index is 13.0. The minimum Gasteiger partial charge on any atom is -0.390 e. The first-order chi connectivity index (χ1) is 11.5. The van der Waals surface area contributed by atoms with Crippen LogP contribution in [0.25, 0.3) is 0 Å². The third kappa shape index (κ3) is 3.42. The number of amides is 2. The fraction of sp³-hybridized carbons (Fsp3) is 0.529. The molecule has 0 unspecified atom stereocenters. The van der Waals surface area contributed by atoms with Crippen molar-refractivity contribution in [3.05, 3.63) is 35.6 Å². The molecule has 130 valence electrons. The SMILES string of the molecule is CC(=O)N1CCN([C@@H]2CN(C(=O)c3ccc(F)cc3)C[C@H]2O)CC1. The summed E-state index contributed by atoms with van der Waals surface area (Å²) >= 11 is 0. The molecule has 1 N–H and O–H groups in total. The van der Waals surface area contributed by atoms with Crippen LogP contribution in [0.15, 0.2) is 24.3 Å². The zero-order valence-corrected chi connectivity index (χ0v) is 13.7. The third-order valence-corrected chi connectivity index (χ3v) is 4.87. The van der Waals surface area contributed by atoms with Crippen molar-refractivity contribution in [2.24, 2.45) is 0 Å². The van der Waals surface area contributed by atoms with Crippen LogP contribution in [0.5, 0.6) is 0 Å². The lowest BCUT2D eigenvalue weighted by Crippen LogP contribution is -2.54. The van der Waals surface area contributed by atoms with Gasteiger partial charge in [-0.1, -0.05) is 0 Å². The Bertz CT molecular complexity index is 614. The fourth-order valence-corrected chi connectivity index (χ4v) is 3.44. The number of β-amino-alcohol motifs (C(OH)–C–C–N with tert-alkyl or cyclic N) is 1. The van der Waals surface area contributed by atoms with Crippen LogP contribution >= 0.6 is 0 Å². The molecule has 0 spiro atoms. The smallest absolute Gasteiger partial charge is 0.254 e. The predicted molar refractivity (Wildman–Crippen MR) is 85.9 cm³/mol. The molecule has 0 radical (unpaired) electrons. The number of aliphatic hydroxyl groups excluding tert-OH is 1. The van der Waals surface area contributed by atoms with Crippen LogP contribution in [0.3, 0.4) is 0 Å². The molecule has 7 heteroatoms. The molecule has 2 atom stereocenters. The molecule has 1 aromatic carbocycles. The molecule has 2 saturated heterocycles. The van der Waals surface area contributed by atoms with E-state index >= 15 is 0 Å². The number of hydrogen-bond donors (Lipinski definition) is 1. The van der Waals surface area contributed by atoms with Crippen LogP contribution in [-0.2, 0) is 4.79 Å². The molecule has 24 heavy (non-hydrogen) atoms. The van der Waals surface area contributed by atoms with Crippen LogP contribution in [0.2, 0.25) is 0 Å². The molecule has 0 aromatic heterocycles. The molecule has 0 bridgehead atoms. The van der Waals surface area contributed by atoms with Gasteiger partial charge in [0, 0.05) is 51.8 Å². The van der Waals surface area contributed by atoms with Crippen LogP contribution in [0, 0.1) is 5.82 Å². The van der Waals surface area contributed by atoms with E-state index in [-0.39, 0.29) is 30.2 Å². The van der Waals surface area contributed by atoms with Gasteiger partial charge in [-0.3, -0.25) is 14.5 Å². The van der Waals surface area contributed by atoms with Gasteiger partial charge in [0.15, 0.2) is 0 Å². The van der Waals surface area contributed by atoms with E-state index < -0.39 is 6.10 Å². The van der Waals surface area contributed by atoms with Gasteiger partial charge in [-0.15, -0.1) is 0 Å². The molecule has 1 aromatic rings. The van der Waals surface area contributed by atoms with Gasteiger partial charge in [0.2, 0.25) is 5.91 Å². The van der Waals surface area contributed by atoms with Crippen molar-refractivity contribution in [1.29, 1.82) is 0 Å². The number of halogens is 1. The van der Waals surface area contributed by atoms with Gasteiger partial charge < -0.3 is 14.9 Å². The molecule has 0 saturated carbocycles. The van der Waals surface area contributed by atoms with E-state index in [1.54, 1.807) is 16.7 Å². The summed E-state index contributed by atoms with van der Waals surface area (Å²) in [7, 11) is 0. The van der Waals surface area contributed by atoms with E-state index in [2.05, 4.69) is 4.90 Å². The molecular formula is C17H22FN3O3. The highest BCUT2D eigenvalue weighted by molar-refractivity contribution is 5.94. The van der Waals surface area contributed by atoms with Crippen molar-refractivity contribution in [1.82, 2.24) is 14.7 Å². The van der Waals surface area contributed by atoms with Crippen molar-refractivity contribution >= 4 is 11.8 Å².